The highest BCUT2D eigenvalue weighted by atomic mass is 35.5. The van der Waals surface area contributed by atoms with E-state index in [1.165, 1.54) is 0 Å². The predicted octanol–water partition coefficient (Wildman–Crippen LogP) is 2.44. The number of nitrogens with zero attached hydrogens (tertiary/aromatic N) is 1. The quantitative estimate of drug-likeness (QED) is 0.810. The molecule has 0 atom stereocenters. The SMILES string of the molecule is CCOc1ccc(C(=O)NC2CCN(C(=O)CCCl)CC2)cc1. The van der Waals surface area contributed by atoms with Crippen molar-refractivity contribution in [1.29, 1.82) is 0 Å². The molecule has 0 saturated carbocycles. The van der Waals surface area contributed by atoms with Gasteiger partial charge in [0.05, 0.1) is 6.61 Å². The summed E-state index contributed by atoms with van der Waals surface area (Å²) in [4.78, 5) is 25.8. The van der Waals surface area contributed by atoms with Gasteiger partial charge in [-0.25, -0.2) is 0 Å². The van der Waals surface area contributed by atoms with Crippen LogP contribution in [0.3, 0.4) is 0 Å². The Morgan fingerprint density at radius 1 is 1.26 bits per heavy atom. The zero-order valence-electron chi connectivity index (χ0n) is 13.4. The number of rotatable bonds is 6. The molecule has 6 heteroatoms. The Balaban J connectivity index is 1.81. The van der Waals surface area contributed by atoms with E-state index >= 15 is 0 Å². The molecule has 23 heavy (non-hydrogen) atoms. The van der Waals surface area contributed by atoms with Gasteiger partial charge >= 0.3 is 0 Å². The predicted molar refractivity (Wildman–Crippen MR) is 90.0 cm³/mol. The number of carbonyl (C=O) groups is 2. The molecule has 126 valence electrons. The average molecular weight is 339 g/mol. The second-order valence-electron chi connectivity index (χ2n) is 5.52. The van der Waals surface area contributed by atoms with Gasteiger partial charge in [-0.2, -0.15) is 0 Å². The van der Waals surface area contributed by atoms with Gasteiger partial charge in [0.2, 0.25) is 5.91 Å². The molecule has 5 nitrogen and oxygen atoms in total. The molecule has 1 aromatic rings. The van der Waals surface area contributed by atoms with Gasteiger partial charge in [0.1, 0.15) is 5.75 Å². The van der Waals surface area contributed by atoms with Crippen molar-refractivity contribution < 1.29 is 14.3 Å². The first-order chi connectivity index (χ1) is 11.1. The van der Waals surface area contributed by atoms with Crippen molar-refractivity contribution in [2.75, 3.05) is 25.6 Å². The van der Waals surface area contributed by atoms with Gasteiger partial charge < -0.3 is 15.0 Å². The van der Waals surface area contributed by atoms with Gasteiger partial charge in [0.15, 0.2) is 0 Å². The second-order valence-corrected chi connectivity index (χ2v) is 5.90. The minimum atomic E-state index is -0.0846. The number of hydrogen-bond donors (Lipinski definition) is 1. The fraction of sp³-hybridized carbons (Fsp3) is 0.529. The van der Waals surface area contributed by atoms with Gasteiger partial charge in [-0.1, -0.05) is 0 Å². The largest absolute Gasteiger partial charge is 0.494 e. The summed E-state index contributed by atoms with van der Waals surface area (Å²) in [6, 6.07) is 7.23. The van der Waals surface area contributed by atoms with E-state index in [-0.39, 0.29) is 17.9 Å². The molecular weight excluding hydrogens is 316 g/mol. The number of carbonyl (C=O) groups excluding carboxylic acids is 2. The van der Waals surface area contributed by atoms with Crippen LogP contribution in [0, 0.1) is 0 Å². The molecule has 2 rings (SSSR count). The van der Waals surface area contributed by atoms with E-state index in [9.17, 15) is 9.59 Å². The summed E-state index contributed by atoms with van der Waals surface area (Å²) in [6.07, 6.45) is 1.93. The maximum Gasteiger partial charge on any atom is 0.251 e. The first kappa shape index (κ1) is 17.6. The molecule has 2 amide bonds. The highest BCUT2D eigenvalue weighted by molar-refractivity contribution is 6.18. The minimum absolute atomic E-state index is 0.0846. The number of nitrogens with one attached hydrogen (secondary N) is 1. The Morgan fingerprint density at radius 2 is 1.91 bits per heavy atom. The van der Waals surface area contributed by atoms with Crippen molar-refractivity contribution in [1.82, 2.24) is 10.2 Å². The lowest BCUT2D eigenvalue weighted by Crippen LogP contribution is -2.46. The van der Waals surface area contributed by atoms with Crippen LogP contribution in [0.4, 0.5) is 0 Å². The molecule has 0 unspecified atom stereocenters. The highest BCUT2D eigenvalue weighted by Gasteiger charge is 2.23. The van der Waals surface area contributed by atoms with Crippen molar-refractivity contribution in [3.8, 4) is 5.75 Å². The average Bonchev–Trinajstić information content (AvgIpc) is 2.56. The lowest BCUT2D eigenvalue weighted by molar-refractivity contribution is -0.131. The highest BCUT2D eigenvalue weighted by Crippen LogP contribution is 2.15. The second kappa shape index (κ2) is 8.77. The molecule has 0 spiro atoms. The maximum atomic E-state index is 12.3. The van der Waals surface area contributed by atoms with Gasteiger partial charge in [0.25, 0.3) is 5.91 Å². The molecule has 0 radical (unpaired) electrons. The van der Waals surface area contributed by atoms with Crippen molar-refractivity contribution >= 4 is 23.4 Å². The summed E-state index contributed by atoms with van der Waals surface area (Å²) in [5.41, 5.74) is 0.620. The van der Waals surface area contributed by atoms with E-state index in [2.05, 4.69) is 5.32 Å². The van der Waals surface area contributed by atoms with Crippen LogP contribution in [-0.2, 0) is 4.79 Å². The monoisotopic (exact) mass is 338 g/mol. The smallest absolute Gasteiger partial charge is 0.251 e. The third-order valence-electron chi connectivity index (χ3n) is 3.92. The lowest BCUT2D eigenvalue weighted by atomic mass is 10.0. The number of piperidine rings is 1. The fourth-order valence-corrected chi connectivity index (χ4v) is 2.81. The zero-order valence-corrected chi connectivity index (χ0v) is 14.1. The van der Waals surface area contributed by atoms with Crippen LogP contribution in [0.5, 0.6) is 5.75 Å². The number of hydrogen-bond acceptors (Lipinski definition) is 3. The van der Waals surface area contributed by atoms with Gasteiger partial charge in [-0.3, -0.25) is 9.59 Å². The van der Waals surface area contributed by atoms with E-state index in [4.69, 9.17) is 16.3 Å². The van der Waals surface area contributed by atoms with Crippen LogP contribution in [-0.4, -0.2) is 48.3 Å². The van der Waals surface area contributed by atoms with Crippen molar-refractivity contribution in [2.24, 2.45) is 0 Å². The van der Waals surface area contributed by atoms with Crippen LogP contribution >= 0.6 is 11.6 Å². The van der Waals surface area contributed by atoms with E-state index < -0.39 is 0 Å². The topological polar surface area (TPSA) is 58.6 Å². The maximum absolute atomic E-state index is 12.3. The number of likely N-dealkylation sites (tertiary alicyclic amines) is 1. The Morgan fingerprint density at radius 3 is 2.48 bits per heavy atom. The van der Waals surface area contributed by atoms with Crippen molar-refractivity contribution in [3.63, 3.8) is 0 Å². The lowest BCUT2D eigenvalue weighted by Gasteiger charge is -2.32. The summed E-state index contributed by atoms with van der Waals surface area (Å²) in [6.45, 7) is 3.87. The number of amides is 2. The van der Waals surface area contributed by atoms with E-state index in [1.54, 1.807) is 24.3 Å². The number of benzene rings is 1. The van der Waals surface area contributed by atoms with E-state index in [1.807, 2.05) is 11.8 Å². The first-order valence-corrected chi connectivity index (χ1v) is 8.55. The molecule has 0 bridgehead atoms. The Labute approximate surface area is 141 Å². The van der Waals surface area contributed by atoms with Crippen LogP contribution < -0.4 is 10.1 Å². The zero-order chi connectivity index (χ0) is 16.7. The Kier molecular flexibility index (Phi) is 6.71. The minimum Gasteiger partial charge on any atom is -0.494 e. The standard InChI is InChI=1S/C17H23ClN2O3/c1-2-23-15-5-3-13(4-6-15)17(22)19-14-8-11-20(12-9-14)16(21)7-10-18/h3-6,14H,2,7-12H2,1H3,(H,19,22). The summed E-state index contributed by atoms with van der Waals surface area (Å²) >= 11 is 5.60. The number of halogens is 1. The normalized spacial score (nSPS) is 15.3. The summed E-state index contributed by atoms with van der Waals surface area (Å²) in [5, 5.41) is 3.03. The molecular formula is C17H23ClN2O3. The molecule has 0 aromatic heterocycles. The Bertz CT molecular complexity index is 525. The summed E-state index contributed by atoms with van der Waals surface area (Å²) in [5.74, 6) is 1.12. The molecule has 1 fully saturated rings. The third kappa shape index (κ3) is 5.13. The number of ether oxygens (including phenoxy) is 1. The summed E-state index contributed by atoms with van der Waals surface area (Å²) < 4.78 is 5.37. The van der Waals surface area contributed by atoms with Crippen molar-refractivity contribution in [3.05, 3.63) is 29.8 Å². The molecule has 1 aromatic carbocycles. The van der Waals surface area contributed by atoms with Crippen LogP contribution in [0.15, 0.2) is 24.3 Å². The fourth-order valence-electron chi connectivity index (χ4n) is 2.65. The van der Waals surface area contributed by atoms with Gasteiger partial charge in [-0.05, 0) is 44.0 Å². The van der Waals surface area contributed by atoms with Crippen LogP contribution in [0.1, 0.15) is 36.5 Å². The molecule has 1 aliphatic heterocycles. The summed E-state index contributed by atoms with van der Waals surface area (Å²) in [7, 11) is 0. The van der Waals surface area contributed by atoms with E-state index in [0.717, 1.165) is 18.6 Å². The molecule has 1 N–H and O–H groups in total. The number of alkyl halides is 1. The molecule has 1 heterocycles. The molecule has 1 aliphatic rings. The van der Waals surface area contributed by atoms with E-state index in [0.29, 0.717) is 37.6 Å². The van der Waals surface area contributed by atoms with Gasteiger partial charge in [0, 0.05) is 37.0 Å². The Hall–Kier alpha value is -1.75. The molecule has 1 saturated heterocycles. The third-order valence-corrected chi connectivity index (χ3v) is 4.11. The van der Waals surface area contributed by atoms with Crippen LogP contribution in [0.2, 0.25) is 0 Å². The van der Waals surface area contributed by atoms with Crippen LogP contribution in [0.25, 0.3) is 0 Å². The van der Waals surface area contributed by atoms with Gasteiger partial charge in [-0.15, -0.1) is 11.6 Å². The molecule has 0 aliphatic carbocycles. The first-order valence-electron chi connectivity index (χ1n) is 8.01. The van der Waals surface area contributed by atoms with Crippen molar-refractivity contribution in [2.45, 2.75) is 32.2 Å².